The van der Waals surface area contributed by atoms with Crippen LogP contribution in [0.2, 0.25) is 11.5 Å². The zero-order chi connectivity index (χ0) is 36.3. The number of hydrogen-bond donors (Lipinski definition) is 0. The minimum atomic E-state index is -2.75. The molecule has 9 aromatic rings. The first kappa shape index (κ1) is 31.7. The molecule has 1 aliphatic heterocycles. The molecule has 54 heavy (non-hydrogen) atoms. The maximum absolute atomic E-state index is 7.25. The molecule has 258 valence electrons. The van der Waals surface area contributed by atoms with Gasteiger partial charge in [-0.3, -0.25) is 0 Å². The van der Waals surface area contributed by atoms with Crippen molar-refractivity contribution in [3.8, 4) is 11.1 Å². The molecule has 0 bridgehead atoms. The van der Waals surface area contributed by atoms with Crippen molar-refractivity contribution in [2.24, 2.45) is 0 Å². The van der Waals surface area contributed by atoms with E-state index in [0.29, 0.717) is 0 Å². The molecular weight excluding hydrogens is 715 g/mol. The molecule has 2 heterocycles. The van der Waals surface area contributed by atoms with Gasteiger partial charge in [-0.2, -0.15) is 0 Å². The van der Waals surface area contributed by atoms with E-state index in [9.17, 15) is 0 Å². The van der Waals surface area contributed by atoms with Crippen molar-refractivity contribution in [2.45, 2.75) is 30.8 Å². The zero-order valence-electron chi connectivity index (χ0n) is 30.9. The molecule has 2 aliphatic rings. The van der Waals surface area contributed by atoms with Gasteiger partial charge in [0, 0.05) is 0 Å². The Morgan fingerprint density at radius 2 is 1.09 bits per heavy atom. The van der Waals surface area contributed by atoms with Crippen molar-refractivity contribution in [2.75, 3.05) is 4.90 Å². The third-order valence-electron chi connectivity index (χ3n) is 12.4. The van der Waals surface area contributed by atoms with E-state index in [-0.39, 0.29) is 0 Å². The van der Waals surface area contributed by atoms with Gasteiger partial charge in [-0.25, -0.2) is 0 Å². The number of para-hydroxylation sites is 1. The van der Waals surface area contributed by atoms with Gasteiger partial charge in [0.05, 0.1) is 0 Å². The van der Waals surface area contributed by atoms with Crippen LogP contribution < -0.4 is 13.7 Å². The number of aryl methyl sites for hydroxylation is 2. The summed E-state index contributed by atoms with van der Waals surface area (Å²) in [5.74, 6) is 5.15. The molecule has 3 heteroatoms. The van der Waals surface area contributed by atoms with E-state index in [4.69, 9.17) is 4.42 Å². The van der Waals surface area contributed by atoms with Gasteiger partial charge in [0.2, 0.25) is 0 Å². The van der Waals surface area contributed by atoms with Gasteiger partial charge in [-0.1, -0.05) is 0 Å². The average molecular weight is 754 g/mol. The Bertz CT molecular complexity index is 2930. The molecule has 2 nitrogen and oxygen atoms in total. The second-order valence-corrected chi connectivity index (χ2v) is 24.9. The number of nitrogens with zero attached hydrogens (tertiary/aromatic N) is 1. The normalized spacial score (nSPS) is 14.6. The molecule has 11 rings (SSSR count). The standard InChI is InChI=1S/C51H39GeNO/c1-32-15-13-18-35(29-32)53(36-19-14-16-33(2)30-36)45-31-42-49(50-48(45)38-21-7-12-26-46(38)54-50)47-37-20-6-5-17-34(37)27-28-41(47)51(42)39-22-8-10-24-43(39)52(3,4)44-25-11-9-23-40(44)51/h5-31H,1-4H3. The number of anilines is 3. The Morgan fingerprint density at radius 3 is 1.76 bits per heavy atom. The molecule has 0 atom stereocenters. The van der Waals surface area contributed by atoms with Crippen LogP contribution in [0, 0.1) is 13.8 Å². The molecule has 1 aromatic heterocycles. The minimum absolute atomic E-state index is 0.546. The average Bonchev–Trinajstić information content (AvgIpc) is 3.72. The van der Waals surface area contributed by atoms with E-state index < -0.39 is 18.7 Å². The molecule has 0 N–H and O–H groups in total. The van der Waals surface area contributed by atoms with Gasteiger partial charge >= 0.3 is 320 Å². The molecule has 0 unspecified atom stereocenters. The third-order valence-corrected chi connectivity index (χ3v) is 19.9. The third kappa shape index (κ3) is 4.12. The van der Waals surface area contributed by atoms with Crippen molar-refractivity contribution in [3.05, 3.63) is 197 Å². The van der Waals surface area contributed by atoms with Crippen LogP contribution >= 0.6 is 0 Å². The predicted octanol–water partition coefficient (Wildman–Crippen LogP) is 12.3. The summed E-state index contributed by atoms with van der Waals surface area (Å²) in [5, 5.41) is 4.76. The van der Waals surface area contributed by atoms with Gasteiger partial charge in [-0.15, -0.1) is 0 Å². The Balaban J connectivity index is 1.40. The summed E-state index contributed by atoms with van der Waals surface area (Å²) < 4.78 is 10.3. The van der Waals surface area contributed by atoms with Crippen LogP contribution in [-0.2, 0) is 5.41 Å². The topological polar surface area (TPSA) is 16.4 Å². The number of hydrogen-bond acceptors (Lipinski definition) is 2. The second kappa shape index (κ2) is 11.3. The SMILES string of the molecule is Cc1cccc(N(c2cccc(C)c2)c2cc3c(c4oc5ccccc5c24)-c2c(ccc4ccccc24)C32c3cccc[c]3[Ge]([CH3])([CH3])[c]3ccccc32)c1. The number of fused-ring (bicyclic) bond motifs is 15. The van der Waals surface area contributed by atoms with E-state index >= 15 is 0 Å². The van der Waals surface area contributed by atoms with Crippen LogP contribution in [-0.4, -0.2) is 13.3 Å². The monoisotopic (exact) mass is 755 g/mol. The second-order valence-electron chi connectivity index (χ2n) is 15.8. The quantitative estimate of drug-likeness (QED) is 0.167. The van der Waals surface area contributed by atoms with Gasteiger partial charge in [0.1, 0.15) is 0 Å². The van der Waals surface area contributed by atoms with Crippen molar-refractivity contribution in [1.29, 1.82) is 0 Å². The summed E-state index contributed by atoms with van der Waals surface area (Å²) in [6.07, 6.45) is 0. The summed E-state index contributed by atoms with van der Waals surface area (Å²) in [4.78, 5) is 2.47. The molecule has 8 aromatic carbocycles. The summed E-state index contributed by atoms with van der Waals surface area (Å²) >= 11 is -2.75. The zero-order valence-corrected chi connectivity index (χ0v) is 33.0. The first-order valence-corrected chi connectivity index (χ1v) is 25.3. The van der Waals surface area contributed by atoms with Crippen molar-refractivity contribution in [1.82, 2.24) is 0 Å². The maximum atomic E-state index is 7.25. The Hall–Kier alpha value is -5.84. The predicted molar refractivity (Wildman–Crippen MR) is 229 cm³/mol. The van der Waals surface area contributed by atoms with E-state index in [0.717, 1.165) is 39.0 Å². The molecule has 0 fully saturated rings. The van der Waals surface area contributed by atoms with Gasteiger partial charge in [-0.05, 0) is 0 Å². The van der Waals surface area contributed by atoms with E-state index in [2.05, 4.69) is 194 Å². The number of rotatable bonds is 3. The first-order chi connectivity index (χ1) is 26.4. The van der Waals surface area contributed by atoms with Gasteiger partial charge < -0.3 is 0 Å². The molecule has 0 saturated carbocycles. The van der Waals surface area contributed by atoms with Crippen LogP contribution in [0.4, 0.5) is 17.1 Å². The van der Waals surface area contributed by atoms with E-state index in [1.807, 2.05) is 0 Å². The summed E-state index contributed by atoms with van der Waals surface area (Å²) in [6, 6.07) is 61.5. The van der Waals surface area contributed by atoms with Gasteiger partial charge in [0.15, 0.2) is 0 Å². The molecule has 0 radical (unpaired) electrons. The van der Waals surface area contributed by atoms with Crippen LogP contribution in [0.1, 0.15) is 33.4 Å². The number of furan rings is 1. The van der Waals surface area contributed by atoms with Gasteiger partial charge in [0.25, 0.3) is 0 Å². The molecular formula is C51H39GeNO. The van der Waals surface area contributed by atoms with Crippen molar-refractivity contribution < 1.29 is 4.42 Å². The fourth-order valence-corrected chi connectivity index (χ4v) is 16.9. The fourth-order valence-electron chi connectivity index (χ4n) is 10.1. The van der Waals surface area contributed by atoms with Crippen LogP contribution in [0.25, 0.3) is 43.8 Å². The van der Waals surface area contributed by atoms with Crippen molar-refractivity contribution >= 4 is 71.8 Å². The Morgan fingerprint density at radius 1 is 0.500 bits per heavy atom. The summed E-state index contributed by atoms with van der Waals surface area (Å²) in [5.41, 5.74) is 15.1. The first-order valence-electron chi connectivity index (χ1n) is 19.0. The van der Waals surface area contributed by atoms with Crippen molar-refractivity contribution in [3.63, 3.8) is 0 Å². The van der Waals surface area contributed by atoms with E-state index in [1.165, 1.54) is 55.3 Å². The van der Waals surface area contributed by atoms with Crippen LogP contribution in [0.5, 0.6) is 0 Å². The molecule has 0 saturated heterocycles. The van der Waals surface area contributed by atoms with Crippen LogP contribution in [0.15, 0.2) is 168 Å². The Kier molecular flexibility index (Phi) is 6.65. The van der Waals surface area contributed by atoms with Crippen LogP contribution in [0.3, 0.4) is 0 Å². The molecule has 1 spiro atoms. The molecule has 0 amide bonds. The van der Waals surface area contributed by atoms with E-state index in [1.54, 1.807) is 8.79 Å². The molecule has 1 aliphatic carbocycles. The summed E-state index contributed by atoms with van der Waals surface area (Å²) in [6.45, 7) is 4.37. The fraction of sp³-hybridized carbons (Fsp3) is 0.0980. The number of benzene rings is 8. The Labute approximate surface area is 318 Å². The summed E-state index contributed by atoms with van der Waals surface area (Å²) in [7, 11) is 0.